The van der Waals surface area contributed by atoms with Crippen molar-refractivity contribution in [1.29, 1.82) is 0 Å². The first-order chi connectivity index (χ1) is 49.1. The second-order valence-electron chi connectivity index (χ2n) is 28.7. The Hall–Kier alpha value is -10.8. The van der Waals surface area contributed by atoms with Crippen LogP contribution in [0.5, 0.6) is 0 Å². The summed E-state index contributed by atoms with van der Waals surface area (Å²) in [4.78, 5) is 22.0. The number of pyridine rings is 5. The number of aromatic nitrogens is 10. The summed E-state index contributed by atoms with van der Waals surface area (Å²) in [6.07, 6.45) is 1.49. The standard InChI is InChI=1S/2C19H23N2O.2C17H19N2O.C16H17N2O.5CH4/c2*1-11(2)18-20-16-7-8-17(21(6)19(16)22-18)15-10-12(3)9-13(4)14(15)5;2*1-10-8-11(2)12(3)14(9-10)16-7-6-15-17(19(16)5)20-13(4)18-15;1-10-7-11(2)12(3)13(8-10)15-6-5-14-16(18(15)4)19-9-17-14;;;;;/h2*7-11H,1-6H3;2*6-9H,1-5H3;5-9H,1-4H3;5*1H4/q5*+1;;;;;/i11D;;;;;;;;;. The van der Waals surface area contributed by atoms with Crippen LogP contribution in [-0.4, -0.2) is 24.9 Å². The van der Waals surface area contributed by atoms with Gasteiger partial charge in [-0.25, -0.2) is 24.9 Å². The Morgan fingerprint density at radius 2 is 0.537 bits per heavy atom. The van der Waals surface area contributed by atoms with Gasteiger partial charge in [-0.15, -0.1) is 0 Å². The van der Waals surface area contributed by atoms with Crippen LogP contribution in [0.2, 0.25) is 0 Å². The van der Waals surface area contributed by atoms with Gasteiger partial charge < -0.3 is 22.1 Å². The fraction of sp³-hybridized carbons (Fsp3) is 0.355. The molecule has 10 aromatic heterocycles. The fourth-order valence-corrected chi connectivity index (χ4v) is 13.8. The van der Waals surface area contributed by atoms with E-state index in [0.717, 1.165) is 84.8 Å². The molecule has 0 radical (unpaired) electrons. The zero-order chi connectivity index (χ0) is 75.4. The normalized spacial score (nSPS) is 11.1. The van der Waals surface area contributed by atoms with Crippen LogP contribution in [-0.2, 0) is 35.2 Å². The van der Waals surface area contributed by atoms with Crippen LogP contribution in [0, 0.1) is 118 Å². The second kappa shape index (κ2) is 34.8. The molecule has 0 amide bonds. The molecule has 568 valence electrons. The smallest absolute Gasteiger partial charge is 0.391 e. The van der Waals surface area contributed by atoms with Crippen molar-refractivity contribution >= 4 is 56.2 Å². The third kappa shape index (κ3) is 17.4. The molecule has 15 aromatic rings. The minimum Gasteiger partial charge on any atom is -0.391 e. The lowest BCUT2D eigenvalue weighted by atomic mass is 9.97. The molecule has 10 heterocycles. The van der Waals surface area contributed by atoms with Gasteiger partial charge in [0.2, 0.25) is 40.3 Å². The average Bonchev–Trinajstić information content (AvgIpc) is 1.69. The Morgan fingerprint density at radius 1 is 0.296 bits per heavy atom. The van der Waals surface area contributed by atoms with Crippen molar-refractivity contribution in [2.45, 2.75) is 194 Å². The molecule has 0 fully saturated rings. The molecule has 15 rings (SSSR count). The van der Waals surface area contributed by atoms with Gasteiger partial charge in [0.15, 0.2) is 45.8 Å². The summed E-state index contributed by atoms with van der Waals surface area (Å²) in [5.41, 5.74) is 39.6. The number of hydrogen-bond donors (Lipinski definition) is 0. The number of nitrogens with zero attached hydrogens (tertiary/aromatic N) is 10. The van der Waals surface area contributed by atoms with Gasteiger partial charge in [-0.1, -0.05) is 123 Å². The molecule has 0 aliphatic heterocycles. The first-order valence-electron chi connectivity index (χ1n) is 35.8. The topological polar surface area (TPSA) is 150 Å². The van der Waals surface area contributed by atoms with E-state index in [2.05, 4.69) is 258 Å². The summed E-state index contributed by atoms with van der Waals surface area (Å²) in [5.74, 6) is 2.08. The summed E-state index contributed by atoms with van der Waals surface area (Å²) in [6, 6.07) is 42.8. The number of fused-ring (bicyclic) bond motifs is 5. The largest absolute Gasteiger partial charge is 0.401 e. The van der Waals surface area contributed by atoms with E-state index in [9.17, 15) is 0 Å². The lowest BCUT2D eigenvalue weighted by Gasteiger charge is -2.08. The van der Waals surface area contributed by atoms with E-state index in [1.165, 1.54) is 118 Å². The van der Waals surface area contributed by atoms with Gasteiger partial charge in [0.05, 0.1) is 0 Å². The van der Waals surface area contributed by atoms with Crippen LogP contribution in [0.25, 0.3) is 112 Å². The quantitative estimate of drug-likeness (QED) is 0.141. The third-order valence-electron chi connectivity index (χ3n) is 20.0. The van der Waals surface area contributed by atoms with E-state index in [4.69, 9.17) is 23.5 Å². The van der Waals surface area contributed by atoms with E-state index < -0.39 is 5.89 Å². The summed E-state index contributed by atoms with van der Waals surface area (Å²) in [5, 5.41) is 0. The average molecular weight is 1460 g/mol. The molecule has 0 saturated heterocycles. The van der Waals surface area contributed by atoms with Crippen molar-refractivity contribution < 1.29 is 46.3 Å². The van der Waals surface area contributed by atoms with Crippen molar-refractivity contribution in [3.63, 3.8) is 0 Å². The van der Waals surface area contributed by atoms with Crippen molar-refractivity contribution in [1.82, 2.24) is 24.9 Å². The predicted octanol–water partition coefficient (Wildman–Crippen LogP) is 22.3. The molecule has 0 spiro atoms. The van der Waals surface area contributed by atoms with Crippen LogP contribution in [0.15, 0.2) is 150 Å². The molecule has 0 aliphatic carbocycles. The second-order valence-corrected chi connectivity index (χ2v) is 28.7. The molecule has 0 atom stereocenters. The first-order valence-corrected chi connectivity index (χ1v) is 35.3. The summed E-state index contributed by atoms with van der Waals surface area (Å²) in [7, 11) is 10.1. The lowest BCUT2D eigenvalue weighted by Crippen LogP contribution is -2.31. The molecule has 15 nitrogen and oxygen atoms in total. The van der Waals surface area contributed by atoms with Gasteiger partial charge in [-0.2, -0.15) is 22.8 Å². The molecule has 0 aliphatic rings. The maximum Gasteiger partial charge on any atom is 0.401 e. The Bertz CT molecular complexity index is 5680. The lowest BCUT2D eigenvalue weighted by molar-refractivity contribution is -0.640. The van der Waals surface area contributed by atoms with E-state index in [-0.39, 0.29) is 37.1 Å². The fourth-order valence-electron chi connectivity index (χ4n) is 13.8. The zero-order valence-electron chi connectivity index (χ0n) is 66.2. The van der Waals surface area contributed by atoms with Crippen molar-refractivity contribution in [3.8, 4) is 56.3 Å². The van der Waals surface area contributed by atoms with Crippen LogP contribution < -0.4 is 22.8 Å². The summed E-state index contributed by atoms with van der Waals surface area (Å²) in [6.45, 7) is 43.7. The Labute approximate surface area is 644 Å². The SMILES string of the molecule is C.C.C.C.C.Cc1cc(C)c(C)c(-c2ccc3nc(C(C)C)oc3[n+]2C)c1.Cc1cc(C)c(C)c(-c2ccc3nc(C)oc3[n+]2C)c1.Cc1cc(C)c(C)c(-c2ccc3nc(C)oc3[n+]2C)c1.Cc1cc(C)c(C)c(-c2ccc3ncoc3[n+]2C)c1.[2H]C(C)(C)c1nc2ccc(-c3cc(C)cc(C)c3C)[n+](C)c2o1. The van der Waals surface area contributed by atoms with Gasteiger partial charge in [0.25, 0.3) is 0 Å². The minimum absolute atomic E-state index is 0. The van der Waals surface area contributed by atoms with Crippen molar-refractivity contribution in [3.05, 3.63) is 235 Å². The Balaban J connectivity index is 0.000000211. The summed E-state index contributed by atoms with van der Waals surface area (Å²) >= 11 is 0. The number of rotatable bonds is 7. The number of benzene rings is 5. The monoisotopic (exact) mass is 1460 g/mol. The Kier molecular flexibility index (Phi) is 27.2. The van der Waals surface area contributed by atoms with Crippen LogP contribution in [0.1, 0.15) is 185 Å². The minimum atomic E-state index is -0.845. The van der Waals surface area contributed by atoms with Crippen LogP contribution >= 0.6 is 0 Å². The molecule has 0 saturated carbocycles. The first kappa shape index (κ1) is 84.5. The van der Waals surface area contributed by atoms with Gasteiger partial charge in [-0.05, 0) is 220 Å². The number of oxazole rings is 5. The van der Waals surface area contributed by atoms with E-state index >= 15 is 0 Å². The highest BCUT2D eigenvalue weighted by molar-refractivity contribution is 5.76. The maximum absolute atomic E-state index is 8.12. The highest BCUT2D eigenvalue weighted by Crippen LogP contribution is 2.33. The zero-order valence-corrected chi connectivity index (χ0v) is 65.2. The maximum atomic E-state index is 8.12. The van der Waals surface area contributed by atoms with E-state index in [1.54, 1.807) is 13.8 Å². The van der Waals surface area contributed by atoms with Gasteiger partial charge >= 0.3 is 28.6 Å². The number of hydrogen-bond acceptors (Lipinski definition) is 10. The third-order valence-corrected chi connectivity index (χ3v) is 20.0. The van der Waals surface area contributed by atoms with E-state index in [0.29, 0.717) is 29.3 Å². The molecule has 0 bridgehead atoms. The van der Waals surface area contributed by atoms with Crippen molar-refractivity contribution in [2.24, 2.45) is 35.2 Å². The van der Waals surface area contributed by atoms with Crippen LogP contribution in [0.3, 0.4) is 0 Å². The molecule has 15 heteroatoms. The highest BCUT2D eigenvalue weighted by Gasteiger charge is 2.27. The molecular weight excluding hydrogens is 1340 g/mol. The van der Waals surface area contributed by atoms with Crippen LogP contribution in [0.4, 0.5) is 0 Å². The molecule has 108 heavy (non-hydrogen) atoms. The molecule has 0 N–H and O–H groups in total. The van der Waals surface area contributed by atoms with Gasteiger partial charge in [-0.3, -0.25) is 0 Å². The van der Waals surface area contributed by atoms with Crippen molar-refractivity contribution in [2.75, 3.05) is 0 Å². The van der Waals surface area contributed by atoms with E-state index in [1.807, 2.05) is 77.9 Å². The number of aryl methyl sites for hydroxylation is 17. The summed E-state index contributed by atoms with van der Waals surface area (Å²) < 4.78 is 47.2. The van der Waals surface area contributed by atoms with Gasteiger partial charge in [0, 0.05) is 85.2 Å². The highest BCUT2D eigenvalue weighted by atomic mass is 16.4. The Morgan fingerprint density at radius 3 is 0.815 bits per heavy atom. The van der Waals surface area contributed by atoms with Gasteiger partial charge in [0.1, 0.15) is 35.2 Å². The molecular formula is C93H121N10O5+5. The predicted molar refractivity (Wildman–Crippen MR) is 445 cm³/mol. The molecule has 0 unspecified atom stereocenters. The molecule has 5 aromatic carbocycles.